The highest BCUT2D eigenvalue weighted by Crippen LogP contribution is 2.38. The fraction of sp³-hybridized carbons (Fsp3) is 0.440. The first-order chi connectivity index (χ1) is 15.6. The van der Waals surface area contributed by atoms with Crippen molar-refractivity contribution in [2.45, 2.75) is 38.6 Å². The molecule has 1 N–H and O–H groups in total. The topological polar surface area (TPSA) is 67.9 Å². The van der Waals surface area contributed by atoms with E-state index in [-0.39, 0.29) is 17.7 Å². The van der Waals surface area contributed by atoms with Gasteiger partial charge in [0.2, 0.25) is 11.8 Å². The molecule has 0 saturated carbocycles. The molecule has 0 unspecified atom stereocenters. The summed E-state index contributed by atoms with van der Waals surface area (Å²) in [6.07, 6.45) is 3.43. The van der Waals surface area contributed by atoms with Crippen LogP contribution in [0.15, 0.2) is 42.5 Å². The van der Waals surface area contributed by atoms with Crippen molar-refractivity contribution in [3.63, 3.8) is 0 Å². The Morgan fingerprint density at radius 2 is 1.78 bits per heavy atom. The van der Waals surface area contributed by atoms with Gasteiger partial charge in [0.1, 0.15) is 0 Å². The molecule has 2 amide bonds. The van der Waals surface area contributed by atoms with Crippen molar-refractivity contribution in [2.24, 2.45) is 5.92 Å². The molecule has 2 aromatic carbocycles. The normalized spacial score (nSPS) is 16.3. The van der Waals surface area contributed by atoms with Crippen molar-refractivity contribution < 1.29 is 19.1 Å². The molecule has 1 fully saturated rings. The lowest BCUT2D eigenvalue weighted by Gasteiger charge is -2.31. The van der Waals surface area contributed by atoms with Crippen LogP contribution in [0, 0.1) is 5.92 Å². The van der Waals surface area contributed by atoms with Crippen molar-refractivity contribution in [2.75, 3.05) is 26.3 Å². The van der Waals surface area contributed by atoms with Gasteiger partial charge in [-0.3, -0.25) is 9.59 Å². The van der Waals surface area contributed by atoms with Gasteiger partial charge in [0.25, 0.3) is 0 Å². The summed E-state index contributed by atoms with van der Waals surface area (Å²) < 4.78 is 11.4. The highest BCUT2D eigenvalue weighted by molar-refractivity contribution is 6.32. The van der Waals surface area contributed by atoms with Crippen molar-refractivity contribution in [1.82, 2.24) is 10.2 Å². The number of amides is 2. The third-order valence-corrected chi connectivity index (χ3v) is 6.30. The summed E-state index contributed by atoms with van der Waals surface area (Å²) in [7, 11) is 0. The van der Waals surface area contributed by atoms with Crippen LogP contribution < -0.4 is 14.8 Å². The highest BCUT2D eigenvalue weighted by atomic mass is 35.5. The van der Waals surface area contributed by atoms with E-state index < -0.39 is 0 Å². The zero-order valence-corrected chi connectivity index (χ0v) is 18.9. The molecule has 2 aliphatic rings. The average molecular weight is 457 g/mol. The fourth-order valence-electron chi connectivity index (χ4n) is 4.16. The summed E-state index contributed by atoms with van der Waals surface area (Å²) in [4.78, 5) is 27.1. The SMILES string of the molecule is O=C(NCc1cc(Cl)c2c(c1)OCCCO2)C1CCN(C(=O)CCc2ccccc2)CC1. The second-order valence-corrected chi connectivity index (χ2v) is 8.72. The minimum atomic E-state index is -0.0796. The third kappa shape index (κ3) is 5.74. The highest BCUT2D eigenvalue weighted by Gasteiger charge is 2.27. The number of nitrogens with one attached hydrogen (secondary N) is 1. The van der Waals surface area contributed by atoms with Crippen molar-refractivity contribution >= 4 is 23.4 Å². The number of carbonyl (C=O) groups is 2. The predicted molar refractivity (Wildman–Crippen MR) is 123 cm³/mol. The second-order valence-electron chi connectivity index (χ2n) is 8.31. The first kappa shape index (κ1) is 22.5. The smallest absolute Gasteiger partial charge is 0.223 e. The summed E-state index contributed by atoms with van der Waals surface area (Å²) in [6.45, 7) is 2.80. The Bertz CT molecular complexity index is 942. The zero-order chi connectivity index (χ0) is 22.3. The number of likely N-dealkylation sites (tertiary alicyclic amines) is 1. The number of fused-ring (bicyclic) bond motifs is 1. The molecular weight excluding hydrogens is 428 g/mol. The lowest BCUT2D eigenvalue weighted by molar-refractivity contribution is -0.135. The molecule has 170 valence electrons. The van der Waals surface area contributed by atoms with Gasteiger partial charge in [-0.1, -0.05) is 41.9 Å². The molecule has 32 heavy (non-hydrogen) atoms. The Hall–Kier alpha value is -2.73. The van der Waals surface area contributed by atoms with Gasteiger partial charge in [-0.25, -0.2) is 0 Å². The maximum Gasteiger partial charge on any atom is 0.223 e. The van der Waals surface area contributed by atoms with E-state index in [0.717, 1.165) is 18.4 Å². The van der Waals surface area contributed by atoms with Gasteiger partial charge < -0.3 is 19.7 Å². The number of nitrogens with zero attached hydrogens (tertiary/aromatic N) is 1. The maximum atomic E-state index is 12.7. The van der Waals surface area contributed by atoms with Crippen LogP contribution >= 0.6 is 11.6 Å². The van der Waals surface area contributed by atoms with E-state index in [1.807, 2.05) is 47.4 Å². The molecule has 2 heterocycles. The van der Waals surface area contributed by atoms with Crippen molar-refractivity contribution in [1.29, 1.82) is 0 Å². The Morgan fingerprint density at radius 1 is 1.03 bits per heavy atom. The maximum absolute atomic E-state index is 12.7. The molecule has 7 heteroatoms. The lowest BCUT2D eigenvalue weighted by Crippen LogP contribution is -2.43. The van der Waals surface area contributed by atoms with Crippen LogP contribution in [0.2, 0.25) is 5.02 Å². The molecule has 0 bridgehead atoms. The number of halogens is 1. The van der Waals surface area contributed by atoms with Crippen molar-refractivity contribution in [3.8, 4) is 11.5 Å². The van der Waals surface area contributed by atoms with E-state index in [9.17, 15) is 9.59 Å². The van der Waals surface area contributed by atoms with Gasteiger partial charge in [0.15, 0.2) is 11.5 Å². The first-order valence-corrected chi connectivity index (χ1v) is 11.7. The quantitative estimate of drug-likeness (QED) is 0.713. The van der Waals surface area contributed by atoms with Gasteiger partial charge >= 0.3 is 0 Å². The summed E-state index contributed by atoms with van der Waals surface area (Å²) in [5.41, 5.74) is 2.05. The number of hydrogen-bond acceptors (Lipinski definition) is 4. The van der Waals surface area contributed by atoms with Gasteiger partial charge in [0.05, 0.1) is 18.2 Å². The van der Waals surface area contributed by atoms with E-state index >= 15 is 0 Å². The van der Waals surface area contributed by atoms with Crippen LogP contribution in [0.1, 0.15) is 36.8 Å². The Labute approximate surface area is 193 Å². The van der Waals surface area contributed by atoms with Crippen LogP contribution in [-0.2, 0) is 22.6 Å². The lowest BCUT2D eigenvalue weighted by atomic mass is 9.95. The Kier molecular flexibility index (Phi) is 7.53. The monoisotopic (exact) mass is 456 g/mol. The zero-order valence-electron chi connectivity index (χ0n) is 18.1. The molecule has 4 rings (SSSR count). The van der Waals surface area contributed by atoms with Crippen LogP contribution in [-0.4, -0.2) is 43.0 Å². The number of ether oxygens (including phenoxy) is 2. The summed E-state index contributed by atoms with van der Waals surface area (Å²) in [6, 6.07) is 13.7. The predicted octanol–water partition coefficient (Wildman–Crippen LogP) is 3.99. The Balaban J connectivity index is 1.23. The van der Waals surface area contributed by atoms with Gasteiger partial charge in [-0.05, 0) is 42.5 Å². The number of benzene rings is 2. The Morgan fingerprint density at radius 3 is 2.56 bits per heavy atom. The molecule has 2 aromatic rings. The number of piperidine rings is 1. The van der Waals surface area contributed by atoms with Crippen LogP contribution in [0.5, 0.6) is 11.5 Å². The van der Waals surface area contributed by atoms with Crippen LogP contribution in [0.4, 0.5) is 0 Å². The summed E-state index contributed by atoms with van der Waals surface area (Å²) in [5, 5.41) is 3.51. The van der Waals surface area contributed by atoms with Gasteiger partial charge in [0, 0.05) is 38.4 Å². The number of hydrogen-bond donors (Lipinski definition) is 1. The molecule has 0 radical (unpaired) electrons. The molecule has 1 saturated heterocycles. The van der Waals surface area contributed by atoms with E-state index in [4.69, 9.17) is 21.1 Å². The molecule has 0 spiro atoms. The summed E-state index contributed by atoms with van der Waals surface area (Å²) >= 11 is 6.34. The largest absolute Gasteiger partial charge is 0.489 e. The third-order valence-electron chi connectivity index (χ3n) is 6.02. The van der Waals surface area contributed by atoms with E-state index in [2.05, 4.69) is 5.32 Å². The molecule has 0 aromatic heterocycles. The minimum Gasteiger partial charge on any atom is -0.489 e. The molecule has 0 aliphatic carbocycles. The second kappa shape index (κ2) is 10.7. The van der Waals surface area contributed by atoms with Gasteiger partial charge in [-0.2, -0.15) is 0 Å². The first-order valence-electron chi connectivity index (χ1n) is 11.3. The van der Waals surface area contributed by atoms with Crippen LogP contribution in [0.25, 0.3) is 0 Å². The van der Waals surface area contributed by atoms with E-state index in [1.165, 1.54) is 5.56 Å². The number of aryl methyl sites for hydroxylation is 1. The summed E-state index contributed by atoms with van der Waals surface area (Å²) in [5.74, 6) is 1.30. The molecule has 2 aliphatic heterocycles. The van der Waals surface area contributed by atoms with E-state index in [0.29, 0.717) is 68.6 Å². The fourth-order valence-corrected chi connectivity index (χ4v) is 4.45. The molecular formula is C25H29ClN2O4. The molecule has 0 atom stereocenters. The standard InChI is InChI=1S/C25H29ClN2O4/c26-21-15-19(16-22-24(21)32-14-4-13-31-22)17-27-25(30)20-9-11-28(12-10-20)23(29)8-7-18-5-2-1-3-6-18/h1-3,5-6,15-16,20H,4,7-14,17H2,(H,27,30). The number of carbonyl (C=O) groups excluding carboxylic acids is 2. The average Bonchev–Trinajstić information content (AvgIpc) is 3.08. The van der Waals surface area contributed by atoms with E-state index in [1.54, 1.807) is 0 Å². The van der Waals surface area contributed by atoms with Crippen LogP contribution in [0.3, 0.4) is 0 Å². The molecule has 6 nitrogen and oxygen atoms in total. The van der Waals surface area contributed by atoms with Gasteiger partial charge in [-0.15, -0.1) is 0 Å². The number of rotatable bonds is 6. The minimum absolute atomic E-state index is 0.0182. The van der Waals surface area contributed by atoms with Crippen molar-refractivity contribution in [3.05, 3.63) is 58.6 Å².